The van der Waals surface area contributed by atoms with Crippen LogP contribution in [-0.2, 0) is 4.74 Å². The van der Waals surface area contributed by atoms with Crippen LogP contribution >= 0.6 is 11.6 Å². The van der Waals surface area contributed by atoms with Crippen LogP contribution in [0.1, 0.15) is 23.3 Å². The highest BCUT2D eigenvalue weighted by atomic mass is 35.5. The number of aliphatic hydroxyl groups is 1. The number of halogens is 1. The largest absolute Gasteiger partial charge is 0.384 e. The zero-order valence-corrected chi connectivity index (χ0v) is 15.2. The van der Waals surface area contributed by atoms with E-state index in [1.165, 1.54) is 6.20 Å². The second-order valence-electron chi connectivity index (χ2n) is 7.09. The summed E-state index contributed by atoms with van der Waals surface area (Å²) < 4.78 is 7.21. The number of fused-ring (bicyclic) bond motifs is 1. The number of imidazole rings is 1. The summed E-state index contributed by atoms with van der Waals surface area (Å²) in [5.74, 6) is 0.174. The van der Waals surface area contributed by atoms with Gasteiger partial charge in [0.25, 0.3) is 5.91 Å². The molecule has 0 bridgehead atoms. The summed E-state index contributed by atoms with van der Waals surface area (Å²) in [4.78, 5) is 25.2. The SMILES string of the molecule is O=C(c1cn2cc(Cl)cnc2n1)N1CCOC[C@@](O)(CN2CCCC2)C1. The molecule has 4 heterocycles. The van der Waals surface area contributed by atoms with Gasteiger partial charge in [0, 0.05) is 25.5 Å². The molecule has 0 saturated carbocycles. The standard InChI is InChI=1S/C17H22ClN5O3/c18-13-7-19-16-20-14(9-23(16)8-13)15(24)22-5-6-26-12-17(25,11-22)10-21-3-1-2-4-21/h7-9,25H,1-6,10-12H2/t17-/m1/s1. The van der Waals surface area contributed by atoms with Gasteiger partial charge in [0.1, 0.15) is 11.3 Å². The molecule has 0 radical (unpaired) electrons. The number of hydrogen-bond acceptors (Lipinski definition) is 6. The lowest BCUT2D eigenvalue weighted by Crippen LogP contribution is -2.53. The van der Waals surface area contributed by atoms with Crippen molar-refractivity contribution in [2.75, 3.05) is 45.9 Å². The van der Waals surface area contributed by atoms with Crippen LogP contribution < -0.4 is 0 Å². The molecule has 8 nitrogen and oxygen atoms in total. The van der Waals surface area contributed by atoms with Crippen molar-refractivity contribution in [3.63, 3.8) is 0 Å². The van der Waals surface area contributed by atoms with Crippen LogP contribution in [-0.4, -0.2) is 86.7 Å². The third kappa shape index (κ3) is 3.68. The second-order valence-corrected chi connectivity index (χ2v) is 7.53. The fourth-order valence-corrected chi connectivity index (χ4v) is 3.82. The van der Waals surface area contributed by atoms with Gasteiger partial charge in [-0.05, 0) is 25.9 Å². The predicted octanol–water partition coefficient (Wildman–Crippen LogP) is 0.682. The van der Waals surface area contributed by atoms with Gasteiger partial charge < -0.3 is 19.6 Å². The molecule has 2 aliphatic rings. The molecule has 26 heavy (non-hydrogen) atoms. The summed E-state index contributed by atoms with van der Waals surface area (Å²) in [6.45, 7) is 3.75. The molecule has 0 spiro atoms. The van der Waals surface area contributed by atoms with Gasteiger partial charge in [0.15, 0.2) is 0 Å². The topological polar surface area (TPSA) is 83.2 Å². The van der Waals surface area contributed by atoms with Crippen molar-refractivity contribution in [2.45, 2.75) is 18.4 Å². The molecule has 1 amide bonds. The summed E-state index contributed by atoms with van der Waals surface area (Å²) in [5, 5.41) is 11.5. The quantitative estimate of drug-likeness (QED) is 0.844. The molecule has 9 heteroatoms. The van der Waals surface area contributed by atoms with Gasteiger partial charge >= 0.3 is 0 Å². The number of likely N-dealkylation sites (tertiary alicyclic amines) is 1. The Morgan fingerprint density at radius 2 is 2.12 bits per heavy atom. The van der Waals surface area contributed by atoms with E-state index in [1.807, 2.05) is 0 Å². The molecule has 0 aromatic carbocycles. The van der Waals surface area contributed by atoms with Gasteiger partial charge in [-0.3, -0.25) is 9.20 Å². The Morgan fingerprint density at radius 1 is 1.31 bits per heavy atom. The van der Waals surface area contributed by atoms with Gasteiger partial charge in [0.05, 0.1) is 31.0 Å². The summed E-state index contributed by atoms with van der Waals surface area (Å²) in [5.41, 5.74) is -0.790. The maximum Gasteiger partial charge on any atom is 0.274 e. The van der Waals surface area contributed by atoms with Crippen molar-refractivity contribution < 1.29 is 14.6 Å². The van der Waals surface area contributed by atoms with Gasteiger partial charge in [-0.2, -0.15) is 0 Å². The second kappa shape index (κ2) is 7.11. The minimum atomic E-state index is -1.07. The van der Waals surface area contributed by atoms with Crippen molar-refractivity contribution in [3.8, 4) is 0 Å². The third-order valence-corrected chi connectivity index (χ3v) is 5.06. The lowest BCUT2D eigenvalue weighted by atomic mass is 10.0. The van der Waals surface area contributed by atoms with Gasteiger partial charge in [-0.15, -0.1) is 0 Å². The molecule has 1 atom stereocenters. The van der Waals surface area contributed by atoms with Crippen LogP contribution in [0.15, 0.2) is 18.6 Å². The van der Waals surface area contributed by atoms with Crippen LogP contribution in [0.5, 0.6) is 0 Å². The Kier molecular flexibility index (Phi) is 4.83. The summed E-state index contributed by atoms with van der Waals surface area (Å²) in [7, 11) is 0. The Bertz CT molecular complexity index is 807. The van der Waals surface area contributed by atoms with E-state index in [4.69, 9.17) is 16.3 Å². The number of aromatic nitrogens is 3. The number of nitrogens with zero attached hydrogens (tertiary/aromatic N) is 5. The van der Waals surface area contributed by atoms with E-state index < -0.39 is 5.60 Å². The molecule has 4 rings (SSSR count). The molecule has 1 N–H and O–H groups in total. The summed E-state index contributed by atoms with van der Waals surface area (Å²) in [6.07, 6.45) is 7.06. The number of rotatable bonds is 3. The fraction of sp³-hybridized carbons (Fsp3) is 0.588. The van der Waals surface area contributed by atoms with E-state index >= 15 is 0 Å². The molecule has 2 aromatic rings. The first-order chi connectivity index (χ1) is 12.5. The minimum absolute atomic E-state index is 0.227. The van der Waals surface area contributed by atoms with Crippen LogP contribution in [0.3, 0.4) is 0 Å². The number of carbonyl (C=O) groups excluding carboxylic acids is 1. The first-order valence-corrected chi connectivity index (χ1v) is 9.22. The number of β-amino-alcohol motifs (C(OH)–C–C–N with tert-alkyl or cyclic N) is 1. The number of hydrogen-bond donors (Lipinski definition) is 1. The molecule has 0 unspecified atom stereocenters. The molecule has 2 fully saturated rings. The molecule has 140 valence electrons. The summed E-state index contributed by atoms with van der Waals surface area (Å²) in [6, 6.07) is 0. The maximum absolute atomic E-state index is 12.9. The normalized spacial score (nSPS) is 24.9. The van der Waals surface area contributed by atoms with Crippen molar-refractivity contribution >= 4 is 23.3 Å². The number of amides is 1. The Balaban J connectivity index is 1.53. The smallest absolute Gasteiger partial charge is 0.274 e. The molecule has 2 saturated heterocycles. The van der Waals surface area contributed by atoms with Crippen molar-refractivity contribution in [1.82, 2.24) is 24.2 Å². The average molecular weight is 380 g/mol. The van der Waals surface area contributed by atoms with E-state index in [0.29, 0.717) is 30.5 Å². The third-order valence-electron chi connectivity index (χ3n) is 4.86. The van der Waals surface area contributed by atoms with E-state index in [2.05, 4.69) is 14.9 Å². The van der Waals surface area contributed by atoms with Crippen molar-refractivity contribution in [1.29, 1.82) is 0 Å². The predicted molar refractivity (Wildman–Crippen MR) is 95.3 cm³/mol. The van der Waals surface area contributed by atoms with E-state index in [0.717, 1.165) is 25.9 Å². The molecular weight excluding hydrogens is 358 g/mol. The van der Waals surface area contributed by atoms with Crippen LogP contribution in [0.2, 0.25) is 5.02 Å². The highest BCUT2D eigenvalue weighted by Gasteiger charge is 2.37. The minimum Gasteiger partial charge on any atom is -0.384 e. The maximum atomic E-state index is 12.9. The number of ether oxygens (including phenoxy) is 1. The van der Waals surface area contributed by atoms with E-state index in [9.17, 15) is 9.90 Å². The lowest BCUT2D eigenvalue weighted by Gasteiger charge is -2.33. The zero-order valence-electron chi connectivity index (χ0n) is 14.5. The van der Waals surface area contributed by atoms with Crippen molar-refractivity contribution in [3.05, 3.63) is 29.3 Å². The highest BCUT2D eigenvalue weighted by molar-refractivity contribution is 6.30. The van der Waals surface area contributed by atoms with Crippen LogP contribution in [0.4, 0.5) is 0 Å². The monoisotopic (exact) mass is 379 g/mol. The van der Waals surface area contributed by atoms with E-state index in [1.54, 1.807) is 21.7 Å². The Hall–Kier alpha value is -1.74. The van der Waals surface area contributed by atoms with Crippen LogP contribution in [0, 0.1) is 0 Å². The molecule has 2 aliphatic heterocycles. The Morgan fingerprint density at radius 3 is 2.92 bits per heavy atom. The highest BCUT2D eigenvalue weighted by Crippen LogP contribution is 2.19. The first-order valence-electron chi connectivity index (χ1n) is 8.84. The fourth-order valence-electron chi connectivity index (χ4n) is 3.67. The van der Waals surface area contributed by atoms with Gasteiger partial charge in [0.2, 0.25) is 5.78 Å². The lowest BCUT2D eigenvalue weighted by molar-refractivity contribution is -0.0524. The molecule has 2 aromatic heterocycles. The zero-order chi connectivity index (χ0) is 18.1. The van der Waals surface area contributed by atoms with Gasteiger partial charge in [-0.1, -0.05) is 11.6 Å². The summed E-state index contributed by atoms with van der Waals surface area (Å²) >= 11 is 5.94. The first kappa shape index (κ1) is 17.7. The molecule has 0 aliphatic carbocycles. The average Bonchev–Trinajstić information content (AvgIpc) is 3.21. The Labute approximate surface area is 156 Å². The van der Waals surface area contributed by atoms with Crippen LogP contribution in [0.25, 0.3) is 5.78 Å². The molecular formula is C17H22ClN5O3. The number of carbonyl (C=O) groups is 1. The van der Waals surface area contributed by atoms with Gasteiger partial charge in [-0.25, -0.2) is 9.97 Å². The van der Waals surface area contributed by atoms with E-state index in [-0.39, 0.29) is 24.8 Å². The van der Waals surface area contributed by atoms with Crippen molar-refractivity contribution in [2.24, 2.45) is 0 Å².